The van der Waals surface area contributed by atoms with E-state index in [0.717, 1.165) is 6.42 Å². The van der Waals surface area contributed by atoms with Crippen LogP contribution in [0.5, 0.6) is 0 Å². The molecular weight excluding hydrogens is 218 g/mol. The van der Waals surface area contributed by atoms with Crippen LogP contribution in [0.25, 0.3) is 0 Å². The molecule has 0 saturated carbocycles. The first-order valence-electron chi connectivity index (χ1n) is 4.51. The molecule has 0 bridgehead atoms. The van der Waals surface area contributed by atoms with Gasteiger partial charge in [-0.2, -0.15) is 18.2 Å². The molecule has 1 rings (SSSR count). The van der Waals surface area contributed by atoms with Crippen LogP contribution in [0.3, 0.4) is 0 Å². The Morgan fingerprint density at radius 3 is 2.73 bits per heavy atom. The summed E-state index contributed by atoms with van der Waals surface area (Å²) >= 11 is 0. The Labute approximate surface area is 88.8 Å². The highest BCUT2D eigenvalue weighted by Gasteiger charge is 2.13. The first-order chi connectivity index (χ1) is 6.96. The highest BCUT2D eigenvalue weighted by molar-refractivity contribution is 7.90. The number of rotatable bonds is 5. The average Bonchev–Trinajstić information content (AvgIpc) is 2.46. The Morgan fingerprint density at radius 1 is 1.60 bits per heavy atom. The van der Waals surface area contributed by atoms with Crippen LogP contribution in [0.15, 0.2) is 6.20 Å². The van der Waals surface area contributed by atoms with Crippen LogP contribution < -0.4 is 15.2 Å². The predicted octanol–water partition coefficient (Wildman–Crippen LogP) is -0.341. The Balaban J connectivity index is 2.77. The van der Waals surface area contributed by atoms with Gasteiger partial charge >= 0.3 is 0 Å². The van der Waals surface area contributed by atoms with Crippen molar-refractivity contribution in [2.45, 2.75) is 13.3 Å². The molecule has 0 fully saturated rings. The summed E-state index contributed by atoms with van der Waals surface area (Å²) in [5.74, 6) is 0.263. The van der Waals surface area contributed by atoms with Gasteiger partial charge in [0.25, 0.3) is 10.2 Å². The van der Waals surface area contributed by atoms with Gasteiger partial charge in [0.15, 0.2) is 5.82 Å². The molecular formula is C7H15N5O2S. The van der Waals surface area contributed by atoms with Crippen LogP contribution in [0, 0.1) is 0 Å². The molecule has 0 amide bonds. The lowest BCUT2D eigenvalue weighted by molar-refractivity contribution is 0.585. The van der Waals surface area contributed by atoms with Gasteiger partial charge in [0, 0.05) is 13.6 Å². The smallest absolute Gasteiger partial charge is 0.300 e. The molecule has 1 aromatic rings. The van der Waals surface area contributed by atoms with E-state index in [9.17, 15) is 8.42 Å². The summed E-state index contributed by atoms with van der Waals surface area (Å²) in [6.07, 6.45) is 2.11. The number of hydrogen-bond acceptors (Lipinski definition) is 4. The van der Waals surface area contributed by atoms with Gasteiger partial charge in [-0.25, -0.2) is 0 Å². The molecule has 0 spiro atoms. The topological polar surface area (TPSA) is 102 Å². The first kappa shape index (κ1) is 11.8. The molecule has 0 saturated heterocycles. The average molecular weight is 233 g/mol. The van der Waals surface area contributed by atoms with Crippen molar-refractivity contribution < 1.29 is 8.42 Å². The Hall–Kier alpha value is -1.28. The molecule has 0 aromatic carbocycles. The normalized spacial score (nSPS) is 11.6. The van der Waals surface area contributed by atoms with Crippen LogP contribution in [-0.4, -0.2) is 24.7 Å². The Kier molecular flexibility index (Phi) is 3.53. The first-order valence-corrected chi connectivity index (χ1v) is 5.99. The van der Waals surface area contributed by atoms with E-state index in [2.05, 4.69) is 14.5 Å². The highest BCUT2D eigenvalue weighted by Crippen LogP contribution is 2.16. The molecule has 0 aliphatic carbocycles. The van der Waals surface area contributed by atoms with E-state index in [4.69, 9.17) is 5.73 Å². The summed E-state index contributed by atoms with van der Waals surface area (Å²) in [7, 11) is -1.95. The van der Waals surface area contributed by atoms with E-state index in [0.29, 0.717) is 12.2 Å². The molecule has 0 radical (unpaired) electrons. The molecule has 8 heteroatoms. The highest BCUT2D eigenvalue weighted by atomic mass is 32.2. The molecule has 1 heterocycles. The number of aryl methyl sites for hydroxylation is 1. The Bertz CT molecular complexity index is 405. The molecule has 0 unspecified atom stereocenters. The largest absolute Gasteiger partial charge is 0.394 e. The number of nitrogen functional groups attached to an aromatic ring is 1. The van der Waals surface area contributed by atoms with Crippen molar-refractivity contribution in [3.05, 3.63) is 6.20 Å². The lowest BCUT2D eigenvalue weighted by atomic mass is 10.5. The van der Waals surface area contributed by atoms with Gasteiger partial charge in [0.1, 0.15) is 0 Å². The third-order valence-corrected chi connectivity index (χ3v) is 2.79. The zero-order chi connectivity index (χ0) is 11.5. The van der Waals surface area contributed by atoms with Crippen LogP contribution in [0.4, 0.5) is 11.5 Å². The fraction of sp³-hybridized carbons (Fsp3) is 0.571. The predicted molar refractivity (Wildman–Crippen MR) is 58.5 cm³/mol. The van der Waals surface area contributed by atoms with E-state index in [1.54, 1.807) is 7.05 Å². The van der Waals surface area contributed by atoms with Crippen molar-refractivity contribution in [2.24, 2.45) is 7.05 Å². The molecule has 86 valence electrons. The van der Waals surface area contributed by atoms with Crippen molar-refractivity contribution in [2.75, 3.05) is 17.0 Å². The van der Waals surface area contributed by atoms with E-state index < -0.39 is 10.2 Å². The van der Waals surface area contributed by atoms with Crippen LogP contribution in [0.2, 0.25) is 0 Å². The quantitative estimate of drug-likeness (QED) is 0.647. The van der Waals surface area contributed by atoms with E-state index in [1.807, 2.05) is 6.92 Å². The second-order valence-electron chi connectivity index (χ2n) is 3.07. The summed E-state index contributed by atoms with van der Waals surface area (Å²) < 4.78 is 28.9. The number of nitrogens with two attached hydrogens (primary N) is 1. The minimum atomic E-state index is -3.55. The second kappa shape index (κ2) is 4.49. The third-order valence-electron chi connectivity index (χ3n) is 1.74. The minimum Gasteiger partial charge on any atom is -0.394 e. The molecule has 4 N–H and O–H groups in total. The minimum absolute atomic E-state index is 0.263. The number of anilines is 2. The van der Waals surface area contributed by atoms with Crippen molar-refractivity contribution in [1.82, 2.24) is 14.5 Å². The third kappa shape index (κ3) is 3.10. The van der Waals surface area contributed by atoms with Crippen LogP contribution in [0.1, 0.15) is 13.3 Å². The van der Waals surface area contributed by atoms with Gasteiger partial charge in [-0.3, -0.25) is 9.40 Å². The SMILES string of the molecule is CCCNS(=O)(=O)Nc1c(N)cnn1C. The van der Waals surface area contributed by atoms with Gasteiger partial charge in [0.2, 0.25) is 0 Å². The fourth-order valence-electron chi connectivity index (χ4n) is 0.979. The van der Waals surface area contributed by atoms with Gasteiger partial charge in [-0.05, 0) is 6.42 Å². The zero-order valence-electron chi connectivity index (χ0n) is 8.69. The standard InChI is InChI=1S/C7H15N5O2S/c1-3-4-10-15(13,14)11-7-6(8)5-9-12(7)2/h5,10-11H,3-4,8H2,1-2H3. The summed E-state index contributed by atoms with van der Waals surface area (Å²) in [6.45, 7) is 2.26. The lowest BCUT2D eigenvalue weighted by Crippen LogP contribution is -2.31. The number of nitrogens with zero attached hydrogens (tertiary/aromatic N) is 2. The van der Waals surface area contributed by atoms with E-state index in [-0.39, 0.29) is 5.82 Å². The molecule has 0 aliphatic heterocycles. The molecule has 1 aromatic heterocycles. The fourth-order valence-corrected chi connectivity index (χ4v) is 2.03. The Morgan fingerprint density at radius 2 is 2.27 bits per heavy atom. The maximum atomic E-state index is 11.4. The summed E-state index contributed by atoms with van der Waals surface area (Å²) in [4.78, 5) is 0. The van der Waals surface area contributed by atoms with E-state index in [1.165, 1.54) is 10.9 Å². The van der Waals surface area contributed by atoms with Gasteiger partial charge in [-0.15, -0.1) is 0 Å². The van der Waals surface area contributed by atoms with Crippen LogP contribution >= 0.6 is 0 Å². The maximum absolute atomic E-state index is 11.4. The van der Waals surface area contributed by atoms with Crippen molar-refractivity contribution in [3.8, 4) is 0 Å². The van der Waals surface area contributed by atoms with Crippen molar-refractivity contribution in [1.29, 1.82) is 0 Å². The van der Waals surface area contributed by atoms with E-state index >= 15 is 0 Å². The van der Waals surface area contributed by atoms with Gasteiger partial charge in [-0.1, -0.05) is 6.92 Å². The number of aromatic nitrogens is 2. The second-order valence-corrected chi connectivity index (χ2v) is 4.57. The van der Waals surface area contributed by atoms with Crippen LogP contribution in [-0.2, 0) is 17.3 Å². The van der Waals surface area contributed by atoms with Gasteiger partial charge < -0.3 is 5.73 Å². The van der Waals surface area contributed by atoms with Crippen molar-refractivity contribution in [3.63, 3.8) is 0 Å². The zero-order valence-corrected chi connectivity index (χ0v) is 9.50. The van der Waals surface area contributed by atoms with Gasteiger partial charge in [0.05, 0.1) is 11.9 Å². The maximum Gasteiger partial charge on any atom is 0.300 e. The monoisotopic (exact) mass is 233 g/mol. The lowest BCUT2D eigenvalue weighted by Gasteiger charge is -2.09. The molecule has 0 atom stereocenters. The molecule has 15 heavy (non-hydrogen) atoms. The number of hydrogen-bond donors (Lipinski definition) is 3. The molecule has 0 aliphatic rings. The molecule has 7 nitrogen and oxygen atoms in total. The summed E-state index contributed by atoms with van der Waals surface area (Å²) in [5, 5.41) is 3.82. The van der Waals surface area contributed by atoms with Crippen molar-refractivity contribution >= 4 is 21.7 Å². The summed E-state index contributed by atoms with van der Waals surface area (Å²) in [6, 6.07) is 0. The summed E-state index contributed by atoms with van der Waals surface area (Å²) in [5.41, 5.74) is 5.83. The number of nitrogens with one attached hydrogen (secondary N) is 2.